The van der Waals surface area contributed by atoms with Gasteiger partial charge in [-0.05, 0) is 50.9 Å². The molecule has 1 aromatic rings. The van der Waals surface area contributed by atoms with E-state index in [9.17, 15) is 0 Å². The van der Waals surface area contributed by atoms with Gasteiger partial charge < -0.3 is 15.0 Å². The minimum absolute atomic E-state index is 0.304. The minimum Gasteiger partial charge on any atom is -0.376 e. The van der Waals surface area contributed by atoms with E-state index in [0.29, 0.717) is 18.2 Å². The highest BCUT2D eigenvalue weighted by atomic mass is 79.9. The normalized spacial score (nSPS) is 23.3. The molecule has 3 unspecified atom stereocenters. The molecular weight excluding hydrogens is 328 g/mol. The zero-order valence-electron chi connectivity index (χ0n) is 13.5. The third-order valence-electron chi connectivity index (χ3n) is 4.39. The summed E-state index contributed by atoms with van der Waals surface area (Å²) in [7, 11) is 2.16. The molecule has 0 aromatic heterocycles. The maximum atomic E-state index is 5.68. The van der Waals surface area contributed by atoms with Crippen LogP contribution in [-0.2, 0) is 4.74 Å². The van der Waals surface area contributed by atoms with Crippen molar-refractivity contribution in [2.45, 2.75) is 51.8 Å². The van der Waals surface area contributed by atoms with Gasteiger partial charge in [0.15, 0.2) is 0 Å². The standard InChI is InChI=1S/C17H27BrN2O/c1-5-9-19-12(2)15-7-6-14(11-16(15)18)20(4)17-8-10-21-13(17)3/h6-7,11-13,17,19H,5,8-10H2,1-4H3. The molecule has 1 aliphatic heterocycles. The molecule has 0 bridgehead atoms. The lowest BCUT2D eigenvalue weighted by Gasteiger charge is -2.29. The maximum Gasteiger partial charge on any atom is 0.0750 e. The van der Waals surface area contributed by atoms with E-state index in [0.717, 1.165) is 26.0 Å². The SMILES string of the molecule is CCCNC(C)c1ccc(N(C)C2CCOC2C)cc1Br. The molecular formula is C17H27BrN2O. The summed E-state index contributed by atoms with van der Waals surface area (Å²) in [6.45, 7) is 8.48. The number of anilines is 1. The number of rotatable bonds is 6. The average molecular weight is 355 g/mol. The summed E-state index contributed by atoms with van der Waals surface area (Å²) < 4.78 is 6.86. The van der Waals surface area contributed by atoms with Crippen LogP contribution >= 0.6 is 15.9 Å². The van der Waals surface area contributed by atoms with Crippen molar-refractivity contribution in [3.63, 3.8) is 0 Å². The van der Waals surface area contributed by atoms with Crippen LogP contribution < -0.4 is 10.2 Å². The highest BCUT2D eigenvalue weighted by Gasteiger charge is 2.28. The molecule has 2 rings (SSSR count). The number of benzene rings is 1. The van der Waals surface area contributed by atoms with Crippen LogP contribution in [-0.4, -0.2) is 32.3 Å². The maximum absolute atomic E-state index is 5.68. The van der Waals surface area contributed by atoms with Crippen molar-refractivity contribution in [1.82, 2.24) is 5.32 Å². The molecule has 3 atom stereocenters. The Morgan fingerprint density at radius 1 is 1.48 bits per heavy atom. The van der Waals surface area contributed by atoms with Crippen LogP contribution in [0.1, 0.15) is 45.2 Å². The van der Waals surface area contributed by atoms with Crippen molar-refractivity contribution >= 4 is 21.6 Å². The molecule has 0 radical (unpaired) electrons. The van der Waals surface area contributed by atoms with Crippen LogP contribution in [0, 0.1) is 0 Å². The monoisotopic (exact) mass is 354 g/mol. The zero-order chi connectivity index (χ0) is 15.4. The van der Waals surface area contributed by atoms with Crippen LogP contribution in [0.4, 0.5) is 5.69 Å². The van der Waals surface area contributed by atoms with E-state index in [1.165, 1.54) is 15.7 Å². The smallest absolute Gasteiger partial charge is 0.0750 e. The van der Waals surface area contributed by atoms with Crippen molar-refractivity contribution in [2.75, 3.05) is 25.1 Å². The number of hydrogen-bond donors (Lipinski definition) is 1. The van der Waals surface area contributed by atoms with Gasteiger partial charge >= 0.3 is 0 Å². The van der Waals surface area contributed by atoms with Crippen LogP contribution in [0.3, 0.4) is 0 Å². The number of ether oxygens (including phenoxy) is 1. The van der Waals surface area contributed by atoms with Crippen LogP contribution in [0.5, 0.6) is 0 Å². The van der Waals surface area contributed by atoms with Crippen molar-refractivity contribution in [1.29, 1.82) is 0 Å². The molecule has 1 aromatic carbocycles. The fourth-order valence-electron chi connectivity index (χ4n) is 2.98. The molecule has 0 spiro atoms. The predicted octanol–water partition coefficient (Wildman–Crippen LogP) is 4.12. The number of nitrogens with zero attached hydrogens (tertiary/aromatic N) is 1. The second-order valence-electron chi connectivity index (χ2n) is 5.92. The Bertz CT molecular complexity index is 466. The molecule has 118 valence electrons. The summed E-state index contributed by atoms with van der Waals surface area (Å²) >= 11 is 3.73. The van der Waals surface area contributed by atoms with E-state index in [1.54, 1.807) is 0 Å². The highest BCUT2D eigenvalue weighted by molar-refractivity contribution is 9.10. The van der Waals surface area contributed by atoms with Gasteiger partial charge in [0.1, 0.15) is 0 Å². The van der Waals surface area contributed by atoms with Gasteiger partial charge in [-0.3, -0.25) is 0 Å². The van der Waals surface area contributed by atoms with Crippen molar-refractivity contribution in [2.24, 2.45) is 0 Å². The van der Waals surface area contributed by atoms with E-state index in [4.69, 9.17) is 4.74 Å². The quantitative estimate of drug-likeness (QED) is 0.831. The Morgan fingerprint density at radius 2 is 2.24 bits per heavy atom. The van der Waals surface area contributed by atoms with Crippen molar-refractivity contribution in [3.05, 3.63) is 28.2 Å². The van der Waals surface area contributed by atoms with Gasteiger partial charge in [-0.15, -0.1) is 0 Å². The van der Waals surface area contributed by atoms with E-state index in [-0.39, 0.29) is 0 Å². The number of hydrogen-bond acceptors (Lipinski definition) is 3. The van der Waals surface area contributed by atoms with Gasteiger partial charge in [-0.2, -0.15) is 0 Å². The van der Waals surface area contributed by atoms with Gasteiger partial charge in [-0.1, -0.05) is 28.9 Å². The lowest BCUT2D eigenvalue weighted by atomic mass is 10.1. The summed E-state index contributed by atoms with van der Waals surface area (Å²) in [6, 6.07) is 7.51. The van der Waals surface area contributed by atoms with Gasteiger partial charge in [0.05, 0.1) is 12.1 Å². The Labute approximate surface area is 137 Å². The number of nitrogens with one attached hydrogen (secondary N) is 1. The molecule has 4 heteroatoms. The number of likely N-dealkylation sites (N-methyl/N-ethyl adjacent to an activating group) is 1. The first-order valence-corrected chi connectivity index (χ1v) is 8.71. The third kappa shape index (κ3) is 3.99. The van der Waals surface area contributed by atoms with E-state index in [2.05, 4.69) is 72.2 Å². The van der Waals surface area contributed by atoms with Crippen LogP contribution in [0.15, 0.2) is 22.7 Å². The molecule has 0 saturated carbocycles. The highest BCUT2D eigenvalue weighted by Crippen LogP contribution is 2.30. The molecule has 3 nitrogen and oxygen atoms in total. The topological polar surface area (TPSA) is 24.5 Å². The fourth-order valence-corrected chi connectivity index (χ4v) is 3.69. The Morgan fingerprint density at radius 3 is 2.81 bits per heavy atom. The van der Waals surface area contributed by atoms with Crippen LogP contribution in [0.2, 0.25) is 0 Å². The molecule has 0 aliphatic carbocycles. The molecule has 1 heterocycles. The second kappa shape index (κ2) is 7.61. The molecule has 21 heavy (non-hydrogen) atoms. The Kier molecular flexibility index (Phi) is 6.08. The first kappa shape index (κ1) is 16.8. The first-order chi connectivity index (χ1) is 10.0. The van der Waals surface area contributed by atoms with Crippen molar-refractivity contribution in [3.8, 4) is 0 Å². The zero-order valence-corrected chi connectivity index (χ0v) is 15.1. The predicted molar refractivity (Wildman–Crippen MR) is 93.1 cm³/mol. The summed E-state index contributed by atoms with van der Waals surface area (Å²) in [5.74, 6) is 0. The van der Waals surface area contributed by atoms with Gasteiger partial charge in [0, 0.05) is 29.9 Å². The lowest BCUT2D eigenvalue weighted by molar-refractivity contribution is 0.118. The summed E-state index contributed by atoms with van der Waals surface area (Å²) in [5.41, 5.74) is 2.56. The molecule has 0 amide bonds. The molecule has 1 fully saturated rings. The molecule has 1 saturated heterocycles. The van der Waals surface area contributed by atoms with Gasteiger partial charge in [-0.25, -0.2) is 0 Å². The van der Waals surface area contributed by atoms with Crippen molar-refractivity contribution < 1.29 is 4.74 Å². The van der Waals surface area contributed by atoms with E-state index >= 15 is 0 Å². The summed E-state index contributed by atoms with van der Waals surface area (Å²) in [5, 5.41) is 3.54. The van der Waals surface area contributed by atoms with E-state index in [1.807, 2.05) is 0 Å². The van der Waals surface area contributed by atoms with Gasteiger partial charge in [0.2, 0.25) is 0 Å². The fraction of sp³-hybridized carbons (Fsp3) is 0.647. The lowest BCUT2D eigenvalue weighted by Crippen LogP contribution is -2.36. The summed E-state index contributed by atoms with van der Waals surface area (Å²) in [6.07, 6.45) is 2.56. The first-order valence-electron chi connectivity index (χ1n) is 7.91. The Hall–Kier alpha value is -0.580. The Balaban J connectivity index is 2.11. The summed E-state index contributed by atoms with van der Waals surface area (Å²) in [4.78, 5) is 2.34. The third-order valence-corrected chi connectivity index (χ3v) is 5.08. The molecule has 1 N–H and O–H groups in total. The number of halogens is 1. The minimum atomic E-state index is 0.304. The second-order valence-corrected chi connectivity index (χ2v) is 6.78. The average Bonchev–Trinajstić information content (AvgIpc) is 2.90. The van der Waals surface area contributed by atoms with Crippen LogP contribution in [0.25, 0.3) is 0 Å². The molecule has 1 aliphatic rings. The largest absolute Gasteiger partial charge is 0.376 e. The van der Waals surface area contributed by atoms with Gasteiger partial charge in [0.25, 0.3) is 0 Å². The van der Waals surface area contributed by atoms with E-state index < -0.39 is 0 Å².